The SMILES string of the molecule is CCOC(=O)Cn1ncc(N[C@@H]2C[C@@H]3C[C@H]([C@H]2C)C3(C)C)c(/C=N/O)c1=O. The summed E-state index contributed by atoms with van der Waals surface area (Å²) in [5.41, 5.74) is 0.574. The molecule has 27 heavy (non-hydrogen) atoms. The van der Waals surface area contributed by atoms with Crippen LogP contribution in [0, 0.1) is 23.2 Å². The summed E-state index contributed by atoms with van der Waals surface area (Å²) < 4.78 is 5.88. The lowest BCUT2D eigenvalue weighted by atomic mass is 9.45. The molecule has 3 fully saturated rings. The molecule has 0 unspecified atom stereocenters. The smallest absolute Gasteiger partial charge is 0.327 e. The summed E-state index contributed by atoms with van der Waals surface area (Å²) in [6.07, 6.45) is 4.89. The molecule has 0 spiro atoms. The number of esters is 1. The molecule has 0 aliphatic heterocycles. The van der Waals surface area contributed by atoms with Gasteiger partial charge in [0, 0.05) is 6.04 Å². The van der Waals surface area contributed by atoms with Crippen LogP contribution >= 0.6 is 0 Å². The van der Waals surface area contributed by atoms with E-state index in [9.17, 15) is 9.59 Å². The third kappa shape index (κ3) is 3.44. The first-order valence-electron chi connectivity index (χ1n) is 9.49. The number of anilines is 1. The molecule has 8 heteroatoms. The predicted molar refractivity (Wildman–Crippen MR) is 101 cm³/mol. The average Bonchev–Trinajstić information content (AvgIpc) is 2.61. The summed E-state index contributed by atoms with van der Waals surface area (Å²) in [6, 6.07) is 0.231. The van der Waals surface area contributed by atoms with Gasteiger partial charge in [-0.05, 0) is 42.9 Å². The van der Waals surface area contributed by atoms with Crippen LogP contribution in [0.2, 0.25) is 0 Å². The summed E-state index contributed by atoms with van der Waals surface area (Å²) in [6.45, 7) is 8.56. The highest BCUT2D eigenvalue weighted by Gasteiger charge is 2.56. The number of hydrogen-bond acceptors (Lipinski definition) is 7. The van der Waals surface area contributed by atoms with Gasteiger partial charge < -0.3 is 15.3 Å². The van der Waals surface area contributed by atoms with Crippen LogP contribution in [0.5, 0.6) is 0 Å². The Labute approximate surface area is 158 Å². The van der Waals surface area contributed by atoms with Gasteiger partial charge in [0.15, 0.2) is 0 Å². The van der Waals surface area contributed by atoms with Crippen LogP contribution in [0.3, 0.4) is 0 Å². The van der Waals surface area contributed by atoms with Gasteiger partial charge >= 0.3 is 5.97 Å². The highest BCUT2D eigenvalue weighted by Crippen LogP contribution is 2.61. The number of carbonyl (C=O) groups is 1. The Morgan fingerprint density at radius 3 is 2.85 bits per heavy atom. The summed E-state index contributed by atoms with van der Waals surface area (Å²) in [5, 5.41) is 19.5. The molecular formula is C19H28N4O4. The minimum atomic E-state index is -0.539. The zero-order valence-electron chi connectivity index (χ0n) is 16.3. The number of nitrogens with zero attached hydrogens (tertiary/aromatic N) is 3. The molecule has 4 atom stereocenters. The van der Waals surface area contributed by atoms with Crippen molar-refractivity contribution in [1.29, 1.82) is 0 Å². The zero-order chi connectivity index (χ0) is 19.8. The van der Waals surface area contributed by atoms with Crippen LogP contribution in [-0.4, -0.2) is 39.8 Å². The van der Waals surface area contributed by atoms with E-state index < -0.39 is 11.5 Å². The maximum atomic E-state index is 12.7. The van der Waals surface area contributed by atoms with Gasteiger partial charge in [-0.2, -0.15) is 5.10 Å². The van der Waals surface area contributed by atoms with E-state index in [1.54, 1.807) is 6.92 Å². The van der Waals surface area contributed by atoms with Crippen LogP contribution in [0.25, 0.3) is 0 Å². The van der Waals surface area contributed by atoms with Gasteiger partial charge in [-0.15, -0.1) is 0 Å². The Bertz CT molecular complexity index is 801. The fourth-order valence-electron chi connectivity index (χ4n) is 4.78. The molecule has 1 heterocycles. The molecule has 8 nitrogen and oxygen atoms in total. The van der Waals surface area contributed by atoms with Crippen molar-refractivity contribution in [3.8, 4) is 0 Å². The van der Waals surface area contributed by atoms with E-state index in [1.807, 2.05) is 0 Å². The summed E-state index contributed by atoms with van der Waals surface area (Å²) in [7, 11) is 0. The number of oxime groups is 1. The number of hydrogen-bond donors (Lipinski definition) is 2. The summed E-state index contributed by atoms with van der Waals surface area (Å²) >= 11 is 0. The maximum absolute atomic E-state index is 12.7. The fourth-order valence-corrected chi connectivity index (χ4v) is 4.78. The normalized spacial score (nSPS) is 28.6. The second-order valence-electron chi connectivity index (χ2n) is 8.19. The quantitative estimate of drug-likeness (QED) is 0.341. The molecule has 1 aromatic heterocycles. The van der Waals surface area contributed by atoms with Gasteiger partial charge in [0.25, 0.3) is 5.56 Å². The van der Waals surface area contributed by atoms with Crippen LogP contribution < -0.4 is 10.9 Å². The van der Waals surface area contributed by atoms with Crippen molar-refractivity contribution >= 4 is 17.9 Å². The Hall–Kier alpha value is -2.38. The van der Waals surface area contributed by atoms with Crippen molar-refractivity contribution in [3.05, 3.63) is 22.1 Å². The third-order valence-corrected chi connectivity index (χ3v) is 6.55. The monoisotopic (exact) mass is 376 g/mol. The molecule has 2 bridgehead atoms. The van der Waals surface area contributed by atoms with E-state index in [-0.39, 0.29) is 24.8 Å². The van der Waals surface area contributed by atoms with Gasteiger partial charge in [-0.3, -0.25) is 9.59 Å². The number of ether oxygens (including phenoxy) is 1. The Morgan fingerprint density at radius 1 is 1.52 bits per heavy atom. The second-order valence-corrected chi connectivity index (χ2v) is 8.19. The fraction of sp³-hybridized carbons (Fsp3) is 0.684. The lowest BCUT2D eigenvalue weighted by molar-refractivity contribution is -0.144. The van der Waals surface area contributed by atoms with Crippen LogP contribution in [-0.2, 0) is 16.1 Å². The molecule has 3 aliphatic rings. The molecule has 0 saturated heterocycles. The van der Waals surface area contributed by atoms with Crippen molar-refractivity contribution in [2.75, 3.05) is 11.9 Å². The number of nitrogens with one attached hydrogen (secondary N) is 1. The van der Waals surface area contributed by atoms with Crippen molar-refractivity contribution in [3.63, 3.8) is 0 Å². The molecule has 1 aromatic rings. The largest absolute Gasteiger partial charge is 0.465 e. The average molecular weight is 376 g/mol. The van der Waals surface area contributed by atoms with E-state index in [0.717, 1.165) is 17.3 Å². The molecule has 4 rings (SSSR count). The van der Waals surface area contributed by atoms with Crippen LogP contribution in [0.15, 0.2) is 16.1 Å². The van der Waals surface area contributed by atoms with Crippen molar-refractivity contribution in [2.24, 2.45) is 28.3 Å². The van der Waals surface area contributed by atoms with Gasteiger partial charge in [-0.25, -0.2) is 4.68 Å². The number of rotatable bonds is 6. The minimum absolute atomic E-state index is 0.183. The maximum Gasteiger partial charge on any atom is 0.327 e. The molecule has 0 aromatic carbocycles. The molecular weight excluding hydrogens is 348 g/mol. The molecule has 0 amide bonds. The third-order valence-electron chi connectivity index (χ3n) is 6.55. The van der Waals surface area contributed by atoms with E-state index in [2.05, 4.69) is 36.3 Å². The molecule has 0 radical (unpaired) electrons. The summed E-state index contributed by atoms with van der Waals surface area (Å²) in [5.74, 6) is 1.25. The highest BCUT2D eigenvalue weighted by atomic mass is 16.5. The van der Waals surface area contributed by atoms with Gasteiger partial charge in [0.1, 0.15) is 6.54 Å². The van der Waals surface area contributed by atoms with E-state index in [0.29, 0.717) is 28.9 Å². The Morgan fingerprint density at radius 2 is 2.26 bits per heavy atom. The lowest BCUT2D eigenvalue weighted by Crippen LogP contribution is -2.58. The predicted octanol–water partition coefficient (Wildman–Crippen LogP) is 2.10. The molecule has 3 saturated carbocycles. The second kappa shape index (κ2) is 7.32. The first kappa shape index (κ1) is 19.4. The van der Waals surface area contributed by atoms with Crippen LogP contribution in [0.1, 0.15) is 46.1 Å². The lowest BCUT2D eigenvalue weighted by Gasteiger charge is -2.62. The highest BCUT2D eigenvalue weighted by molar-refractivity contribution is 5.86. The van der Waals surface area contributed by atoms with Crippen molar-refractivity contribution in [2.45, 2.75) is 53.1 Å². The Balaban J connectivity index is 1.83. The van der Waals surface area contributed by atoms with Crippen molar-refractivity contribution < 1.29 is 14.7 Å². The number of aromatic nitrogens is 2. The molecule has 2 N–H and O–H groups in total. The standard InChI is InChI=1S/C19H28N4O4/c1-5-27-17(24)10-23-18(25)13(8-21-26)16(9-20-23)22-15-7-12-6-14(11(15)2)19(12,3)4/h8-9,11-12,14-15,22,26H,5-7,10H2,1-4H3/b21-8+/t11-,12+,14-,15-/m1/s1. The van der Waals surface area contributed by atoms with E-state index in [4.69, 9.17) is 9.94 Å². The summed E-state index contributed by atoms with van der Waals surface area (Å²) in [4.78, 5) is 24.3. The van der Waals surface area contributed by atoms with E-state index >= 15 is 0 Å². The van der Waals surface area contributed by atoms with Gasteiger partial charge in [0.05, 0.1) is 30.3 Å². The Kier molecular flexibility index (Phi) is 5.26. The topological polar surface area (TPSA) is 106 Å². The minimum Gasteiger partial charge on any atom is -0.465 e. The van der Waals surface area contributed by atoms with Gasteiger partial charge in [0.2, 0.25) is 0 Å². The van der Waals surface area contributed by atoms with Crippen molar-refractivity contribution in [1.82, 2.24) is 9.78 Å². The number of carbonyl (C=O) groups excluding carboxylic acids is 1. The first-order valence-corrected chi connectivity index (χ1v) is 9.49. The van der Waals surface area contributed by atoms with E-state index in [1.165, 1.54) is 12.6 Å². The zero-order valence-corrected chi connectivity index (χ0v) is 16.3. The molecule has 148 valence electrons. The molecule has 3 aliphatic carbocycles. The van der Waals surface area contributed by atoms with Crippen LogP contribution in [0.4, 0.5) is 5.69 Å². The number of fused-ring (bicyclic) bond motifs is 2. The van der Waals surface area contributed by atoms with Gasteiger partial charge in [-0.1, -0.05) is 25.9 Å². The first-order chi connectivity index (χ1) is 12.8.